The van der Waals surface area contributed by atoms with Gasteiger partial charge in [-0.1, -0.05) is 172 Å². The molecule has 0 aliphatic carbocycles. The Hall–Kier alpha value is -6.80. The molecule has 0 radical (unpaired) electrons. The molecule has 8 aromatic rings. The van der Waals surface area contributed by atoms with Crippen molar-refractivity contribution in [2.45, 2.75) is 293 Å². The van der Waals surface area contributed by atoms with Gasteiger partial charge in [-0.15, -0.1) is 0 Å². The van der Waals surface area contributed by atoms with Crippen molar-refractivity contribution in [1.82, 2.24) is 0 Å². The van der Waals surface area contributed by atoms with Crippen LogP contribution in [0.15, 0.2) is 122 Å². The minimum absolute atomic E-state index is 0.220. The summed E-state index contributed by atoms with van der Waals surface area (Å²) < 4.78 is 17.7. The van der Waals surface area contributed by atoms with Crippen LogP contribution in [0.4, 0.5) is 0 Å². The lowest BCUT2D eigenvalue weighted by Crippen LogP contribution is -2.41. The first kappa shape index (κ1) is 91.2. The van der Waals surface area contributed by atoms with E-state index in [4.69, 9.17) is 0 Å². The van der Waals surface area contributed by atoms with Gasteiger partial charge in [0.2, 0.25) is 0 Å². The Labute approximate surface area is 616 Å². The van der Waals surface area contributed by atoms with Crippen LogP contribution in [-0.4, -0.2) is 0 Å². The summed E-state index contributed by atoms with van der Waals surface area (Å²) in [6.45, 7) is 80.0. The average Bonchev–Trinajstić information content (AvgIpc) is 0.792. The van der Waals surface area contributed by atoms with Crippen LogP contribution < -0.4 is 36.5 Å². The highest BCUT2D eigenvalue weighted by Crippen LogP contribution is 2.28. The third-order valence-electron chi connectivity index (χ3n) is 18.3. The molecule has 0 N–H and O–H groups in total. The molecule has 0 aliphatic rings. The van der Waals surface area contributed by atoms with Crippen LogP contribution in [0.2, 0.25) is 0 Å². The van der Waals surface area contributed by atoms with Gasteiger partial charge in [0.25, 0.3) is 0 Å². The molecule has 0 aromatic carbocycles. The fourth-order valence-electron chi connectivity index (χ4n) is 14.2. The molecule has 0 amide bonds. The van der Waals surface area contributed by atoms with Gasteiger partial charge in [-0.05, 0) is 124 Å². The zero-order chi connectivity index (χ0) is 78.3. The van der Waals surface area contributed by atoms with E-state index in [0.717, 1.165) is 0 Å². The van der Waals surface area contributed by atoms with Crippen molar-refractivity contribution in [3.05, 3.63) is 235 Å². The predicted molar refractivity (Wildman–Crippen MR) is 427 cm³/mol. The lowest BCUT2D eigenvalue weighted by molar-refractivity contribution is -0.683. The van der Waals surface area contributed by atoms with Crippen LogP contribution >= 0.6 is 0 Å². The van der Waals surface area contributed by atoms with Gasteiger partial charge in [-0.2, -0.15) is 0 Å². The molecule has 0 unspecified atom stereocenters. The summed E-state index contributed by atoms with van der Waals surface area (Å²) in [5.74, 6) is 0. The summed E-state index contributed by atoms with van der Waals surface area (Å²) in [7, 11) is 16.9. The first-order chi connectivity index (χ1) is 45.0. The lowest BCUT2D eigenvalue weighted by atomic mass is 9.86. The van der Waals surface area contributed by atoms with E-state index >= 15 is 0 Å². The van der Waals surface area contributed by atoms with E-state index < -0.39 is 0 Å². The molecule has 0 aliphatic heterocycles. The third kappa shape index (κ3) is 28.6. The lowest BCUT2D eigenvalue weighted by Gasteiger charge is -2.19. The minimum atomic E-state index is 0.220. The highest BCUT2D eigenvalue weighted by atomic mass is 15.0. The number of rotatable bonds is 0. The molecular weight excluding hydrogens is 1220 g/mol. The van der Waals surface area contributed by atoms with Gasteiger partial charge in [-0.3, -0.25) is 0 Å². The molecule has 552 valence electrons. The zero-order valence-corrected chi connectivity index (χ0v) is 73.1. The molecular formula is C92H152N8+8. The summed E-state index contributed by atoms with van der Waals surface area (Å²) in [4.78, 5) is 0. The Bertz CT molecular complexity index is 3900. The molecule has 8 heteroatoms. The SMILES string of the molecule is C[n+]1ccccc1C(C)(C)C.Cc1c[n+](C)c(C(C)(C)C)c(C)c1C.Cc1cc(C(C)(C)C)[n+](C)cc1C.Cc1cc(C)c(C(C)(C)C)[n+](C)c1.Cc1cc[n+](C)c(C(C)(C)C)c1.Cc1cc[n+](C)c(C(C)(C)C)c1C.Cc1ccc(C(C)(C)C)[n+](C)c1.Cc1ccc[n+](C)c1C(C)(C)C. The molecule has 0 atom stereocenters. The monoisotopic (exact) mass is 1370 g/mol. The van der Waals surface area contributed by atoms with Crippen molar-refractivity contribution in [3.63, 3.8) is 0 Å². The predicted octanol–water partition coefficient (Wildman–Crippen LogP) is 18.2. The largest absolute Gasteiger partial charge is 0.205 e. The zero-order valence-electron chi connectivity index (χ0n) is 73.1. The van der Waals surface area contributed by atoms with Gasteiger partial charge < -0.3 is 0 Å². The molecule has 8 aromatic heterocycles. The molecule has 8 rings (SSSR count). The Morgan fingerprint density at radius 1 is 0.200 bits per heavy atom. The second-order valence-corrected chi connectivity index (χ2v) is 37.2. The van der Waals surface area contributed by atoms with Gasteiger partial charge in [0.1, 0.15) is 56.4 Å². The number of pyridine rings is 8. The maximum Gasteiger partial charge on any atom is 0.189 e. The molecule has 0 fully saturated rings. The van der Waals surface area contributed by atoms with E-state index in [1.165, 1.54) is 112 Å². The topological polar surface area (TPSA) is 31.0 Å². The molecule has 0 bridgehead atoms. The number of hydrogen-bond acceptors (Lipinski definition) is 0. The highest BCUT2D eigenvalue weighted by Gasteiger charge is 2.31. The standard InChI is InChI=1S/C13H22N.3C12H20N.3C11H18N.C10H16N/c1-9-8-14(7)12(13(4,5)6)11(3)10(9)2;1-9-7-11(12(3,4)5)13(6)8-10(9)2;1-9-7-10(2)11(12(3,4)5)13(6)8-9;1-9-7-8-13(6)11(10(9)2)12(3,4)5;1-9-6-7-12(5)10(8-9)11(2,3)4;1-9-6-7-10(11(2,3)4)12(5)8-9;1-9-7-6-8-12(5)10(9)11(2,3)4;1-10(2,3)9-7-5-6-8-11(9)4/h8H,1-7H3;3*7-8H,1-6H3;3*6-8H,1-5H3;5-8H,1-4H3/q8*+1. The first-order valence-corrected chi connectivity index (χ1v) is 36.7. The maximum atomic E-state index is 2.29. The molecule has 100 heavy (non-hydrogen) atoms. The van der Waals surface area contributed by atoms with Crippen molar-refractivity contribution < 1.29 is 36.5 Å². The fourth-order valence-corrected chi connectivity index (χ4v) is 14.2. The number of aromatic nitrogens is 8. The fraction of sp³-hybridized carbons (Fsp3) is 0.565. The van der Waals surface area contributed by atoms with Gasteiger partial charge in [-0.25, -0.2) is 36.5 Å². The van der Waals surface area contributed by atoms with Crippen molar-refractivity contribution in [2.75, 3.05) is 0 Å². The molecule has 0 saturated heterocycles. The van der Waals surface area contributed by atoms with E-state index in [-0.39, 0.29) is 43.3 Å². The van der Waals surface area contributed by atoms with Crippen LogP contribution in [0.5, 0.6) is 0 Å². The maximum absolute atomic E-state index is 2.29. The summed E-state index contributed by atoms with van der Waals surface area (Å²) in [5, 5.41) is 0. The van der Waals surface area contributed by atoms with Crippen LogP contribution in [0.25, 0.3) is 0 Å². The van der Waals surface area contributed by atoms with Crippen LogP contribution in [0.3, 0.4) is 0 Å². The Morgan fingerprint density at radius 2 is 0.580 bits per heavy atom. The van der Waals surface area contributed by atoms with E-state index in [2.05, 4.69) is 465 Å². The Balaban J connectivity index is 0.000000572. The Kier molecular flexibility index (Phi) is 33.2. The van der Waals surface area contributed by atoms with Crippen molar-refractivity contribution in [1.29, 1.82) is 0 Å². The van der Waals surface area contributed by atoms with E-state index in [0.29, 0.717) is 0 Å². The molecule has 8 heterocycles. The summed E-state index contributed by atoms with van der Waals surface area (Å²) in [6, 6.07) is 26.0. The molecule has 8 nitrogen and oxygen atoms in total. The normalized spacial score (nSPS) is 11.8. The second-order valence-electron chi connectivity index (χ2n) is 37.2. The minimum Gasteiger partial charge on any atom is -0.205 e. The van der Waals surface area contributed by atoms with Crippen molar-refractivity contribution in [2.24, 2.45) is 56.4 Å². The van der Waals surface area contributed by atoms with E-state index in [1.807, 2.05) is 0 Å². The van der Waals surface area contributed by atoms with Gasteiger partial charge in [0, 0.05) is 136 Å². The molecule has 0 saturated carbocycles. The Morgan fingerprint density at radius 3 is 0.980 bits per heavy atom. The third-order valence-corrected chi connectivity index (χ3v) is 18.3. The summed E-state index contributed by atoms with van der Waals surface area (Å²) in [6.07, 6.45) is 17.2. The van der Waals surface area contributed by atoms with Crippen molar-refractivity contribution in [3.8, 4) is 0 Å². The molecule has 0 spiro atoms. The first-order valence-electron chi connectivity index (χ1n) is 36.7. The van der Waals surface area contributed by atoms with Gasteiger partial charge >= 0.3 is 0 Å². The average molecular weight is 1370 g/mol. The summed E-state index contributed by atoms with van der Waals surface area (Å²) >= 11 is 0. The van der Waals surface area contributed by atoms with Gasteiger partial charge in [0.15, 0.2) is 95.1 Å². The number of hydrogen-bond donors (Lipinski definition) is 0. The van der Waals surface area contributed by atoms with Crippen LogP contribution in [0.1, 0.15) is 278 Å². The second kappa shape index (κ2) is 36.4. The van der Waals surface area contributed by atoms with E-state index in [9.17, 15) is 0 Å². The van der Waals surface area contributed by atoms with Gasteiger partial charge in [0.05, 0.1) is 0 Å². The quantitative estimate of drug-likeness (QED) is 0.136. The highest BCUT2D eigenvalue weighted by molar-refractivity contribution is 5.34. The van der Waals surface area contributed by atoms with E-state index in [1.54, 1.807) is 0 Å². The summed E-state index contributed by atoms with van der Waals surface area (Å²) in [5.41, 5.74) is 29.5. The number of aryl methyl sites for hydroxylation is 17. The van der Waals surface area contributed by atoms with Crippen LogP contribution in [0, 0.1) is 83.1 Å². The smallest absolute Gasteiger partial charge is 0.189 e. The number of nitrogens with zero attached hydrogens (tertiary/aromatic N) is 8. The van der Waals surface area contributed by atoms with Crippen molar-refractivity contribution >= 4 is 0 Å². The van der Waals surface area contributed by atoms with Crippen LogP contribution in [-0.2, 0) is 99.7 Å².